The number of methoxy groups -OCH3 is 1. The Morgan fingerprint density at radius 3 is 2.35 bits per heavy atom. The van der Waals surface area contributed by atoms with E-state index in [0.29, 0.717) is 11.3 Å². The number of ether oxygens (including phenoxy) is 1. The lowest BCUT2D eigenvalue weighted by atomic mass is 9.86. The number of aliphatic carboxylic acids is 1. The lowest BCUT2D eigenvalue weighted by molar-refractivity contribution is -0.142. The Morgan fingerprint density at radius 2 is 1.90 bits per heavy atom. The summed E-state index contributed by atoms with van der Waals surface area (Å²) in [5.74, 6) is -0.879. The topological polar surface area (TPSA) is 75.6 Å². The zero-order valence-electron chi connectivity index (χ0n) is 12.5. The van der Waals surface area contributed by atoms with Crippen LogP contribution in [0.15, 0.2) is 18.2 Å². The molecular weight excluding hydrogens is 258 g/mol. The predicted molar refractivity (Wildman–Crippen MR) is 76.1 cm³/mol. The molecule has 0 saturated carbocycles. The zero-order chi connectivity index (χ0) is 15.5. The Labute approximate surface area is 118 Å². The maximum atomic E-state index is 12.2. The predicted octanol–water partition coefficient (Wildman–Crippen LogP) is 2.23. The second kappa shape index (κ2) is 5.94. The molecule has 5 heteroatoms. The van der Waals surface area contributed by atoms with Gasteiger partial charge in [-0.3, -0.25) is 4.79 Å². The van der Waals surface area contributed by atoms with Crippen molar-refractivity contribution in [3.63, 3.8) is 0 Å². The summed E-state index contributed by atoms with van der Waals surface area (Å²) >= 11 is 0. The molecule has 2 N–H and O–H groups in total. The summed E-state index contributed by atoms with van der Waals surface area (Å²) in [5.41, 5.74) is 0.716. The fourth-order valence-corrected chi connectivity index (χ4v) is 1.82. The second-order valence-corrected chi connectivity index (χ2v) is 5.80. The van der Waals surface area contributed by atoms with E-state index in [1.54, 1.807) is 39.0 Å². The molecule has 0 bridgehead atoms. The third-order valence-corrected chi connectivity index (χ3v) is 3.06. The fourth-order valence-electron chi connectivity index (χ4n) is 1.82. The third kappa shape index (κ3) is 3.73. The van der Waals surface area contributed by atoms with E-state index in [-0.39, 0.29) is 0 Å². The number of carboxylic acid groups (broad SMARTS) is 1. The number of benzene rings is 1. The van der Waals surface area contributed by atoms with Crippen molar-refractivity contribution >= 4 is 11.9 Å². The van der Waals surface area contributed by atoms with Crippen LogP contribution < -0.4 is 10.1 Å². The van der Waals surface area contributed by atoms with Crippen LogP contribution in [0.4, 0.5) is 0 Å². The zero-order valence-corrected chi connectivity index (χ0v) is 12.5. The van der Waals surface area contributed by atoms with E-state index >= 15 is 0 Å². The summed E-state index contributed by atoms with van der Waals surface area (Å²) in [5, 5.41) is 11.8. The van der Waals surface area contributed by atoms with Gasteiger partial charge in [0, 0.05) is 5.56 Å². The normalized spacial score (nSPS) is 12.7. The Balaban J connectivity index is 2.98. The maximum Gasteiger partial charge on any atom is 0.326 e. The van der Waals surface area contributed by atoms with E-state index < -0.39 is 23.3 Å². The highest BCUT2D eigenvalue weighted by Gasteiger charge is 2.32. The summed E-state index contributed by atoms with van der Waals surface area (Å²) < 4.78 is 5.16. The molecule has 0 heterocycles. The van der Waals surface area contributed by atoms with E-state index in [1.165, 1.54) is 7.11 Å². The second-order valence-electron chi connectivity index (χ2n) is 5.80. The average molecular weight is 279 g/mol. The van der Waals surface area contributed by atoms with Gasteiger partial charge in [0.1, 0.15) is 11.8 Å². The highest BCUT2D eigenvalue weighted by atomic mass is 16.5. The van der Waals surface area contributed by atoms with Gasteiger partial charge < -0.3 is 15.2 Å². The van der Waals surface area contributed by atoms with Gasteiger partial charge in [0.05, 0.1) is 7.11 Å². The van der Waals surface area contributed by atoms with Crippen LogP contribution in [0.3, 0.4) is 0 Å². The smallest absolute Gasteiger partial charge is 0.326 e. The Morgan fingerprint density at radius 1 is 1.30 bits per heavy atom. The number of hydrogen-bond acceptors (Lipinski definition) is 3. The van der Waals surface area contributed by atoms with Gasteiger partial charge in [0.25, 0.3) is 5.91 Å². The van der Waals surface area contributed by atoms with E-state index in [1.807, 2.05) is 6.92 Å². The molecule has 5 nitrogen and oxygen atoms in total. The molecule has 1 rings (SSSR count). The molecule has 0 unspecified atom stereocenters. The van der Waals surface area contributed by atoms with Gasteiger partial charge in [-0.1, -0.05) is 26.8 Å². The van der Waals surface area contributed by atoms with Crippen LogP contribution in [0, 0.1) is 12.3 Å². The van der Waals surface area contributed by atoms with Crippen molar-refractivity contribution in [2.24, 2.45) is 5.41 Å². The molecule has 0 aliphatic heterocycles. The lowest BCUT2D eigenvalue weighted by Gasteiger charge is -2.27. The minimum atomic E-state index is -1.05. The van der Waals surface area contributed by atoms with Crippen molar-refractivity contribution in [2.75, 3.05) is 7.11 Å². The van der Waals surface area contributed by atoms with E-state index in [9.17, 15) is 14.7 Å². The first-order valence-electron chi connectivity index (χ1n) is 6.35. The van der Waals surface area contributed by atoms with Crippen molar-refractivity contribution < 1.29 is 19.4 Å². The Kier molecular flexibility index (Phi) is 4.76. The molecule has 0 radical (unpaired) electrons. The third-order valence-electron chi connectivity index (χ3n) is 3.06. The van der Waals surface area contributed by atoms with Crippen molar-refractivity contribution in [3.8, 4) is 5.75 Å². The maximum absolute atomic E-state index is 12.2. The fraction of sp³-hybridized carbons (Fsp3) is 0.467. The van der Waals surface area contributed by atoms with E-state index in [2.05, 4.69) is 5.32 Å². The van der Waals surface area contributed by atoms with Gasteiger partial charge in [-0.25, -0.2) is 4.79 Å². The molecule has 110 valence electrons. The minimum absolute atomic E-state index is 0.378. The molecule has 1 aromatic rings. The molecule has 0 spiro atoms. The van der Waals surface area contributed by atoms with Crippen LogP contribution in [0.2, 0.25) is 0 Å². The molecule has 1 amide bonds. The summed E-state index contributed by atoms with van der Waals surface area (Å²) in [4.78, 5) is 23.4. The highest BCUT2D eigenvalue weighted by Crippen LogP contribution is 2.22. The molecule has 1 aromatic carbocycles. The van der Waals surface area contributed by atoms with Gasteiger partial charge in [-0.15, -0.1) is 0 Å². The van der Waals surface area contributed by atoms with Crippen LogP contribution in [0.1, 0.15) is 36.7 Å². The number of rotatable bonds is 4. The molecule has 20 heavy (non-hydrogen) atoms. The first-order chi connectivity index (χ1) is 9.16. The van der Waals surface area contributed by atoms with E-state index in [0.717, 1.165) is 5.56 Å². The van der Waals surface area contributed by atoms with Gasteiger partial charge in [0.2, 0.25) is 0 Å². The van der Waals surface area contributed by atoms with E-state index in [4.69, 9.17) is 4.74 Å². The molecule has 0 saturated heterocycles. The van der Waals surface area contributed by atoms with Crippen molar-refractivity contribution in [1.82, 2.24) is 5.32 Å². The summed E-state index contributed by atoms with van der Waals surface area (Å²) in [7, 11) is 1.53. The van der Waals surface area contributed by atoms with Crippen LogP contribution in [0.25, 0.3) is 0 Å². The minimum Gasteiger partial charge on any atom is -0.496 e. The first-order valence-corrected chi connectivity index (χ1v) is 6.35. The Bertz CT molecular complexity index is 517. The number of carboxylic acids is 1. The molecule has 0 aliphatic rings. The monoisotopic (exact) mass is 279 g/mol. The average Bonchev–Trinajstić information content (AvgIpc) is 2.34. The number of aryl methyl sites for hydroxylation is 1. The standard InChI is InChI=1S/C15H21NO4/c1-9-6-7-10(8-11(9)20-5)13(17)16-12(14(18)19)15(2,3)4/h6-8,12H,1-5H3,(H,16,17)(H,18,19)/t12-/m1/s1. The number of nitrogens with one attached hydrogen (secondary N) is 1. The Hall–Kier alpha value is -2.04. The van der Waals surface area contributed by atoms with Gasteiger partial charge >= 0.3 is 5.97 Å². The molecule has 0 aromatic heterocycles. The molecule has 0 fully saturated rings. The van der Waals surface area contributed by atoms with Crippen LogP contribution >= 0.6 is 0 Å². The number of carbonyl (C=O) groups excluding carboxylic acids is 1. The van der Waals surface area contributed by atoms with Crippen LogP contribution in [-0.2, 0) is 4.79 Å². The number of amides is 1. The SMILES string of the molecule is COc1cc(C(=O)N[C@H](C(=O)O)C(C)(C)C)ccc1C. The van der Waals surface area contributed by atoms with Crippen molar-refractivity contribution in [2.45, 2.75) is 33.7 Å². The van der Waals surface area contributed by atoms with Crippen molar-refractivity contribution in [1.29, 1.82) is 0 Å². The quantitative estimate of drug-likeness (QED) is 0.886. The highest BCUT2D eigenvalue weighted by molar-refractivity contribution is 5.97. The summed E-state index contributed by atoms with van der Waals surface area (Å²) in [6, 6.07) is 4.06. The van der Waals surface area contributed by atoms with Crippen LogP contribution in [-0.4, -0.2) is 30.1 Å². The van der Waals surface area contributed by atoms with Gasteiger partial charge in [-0.2, -0.15) is 0 Å². The number of carbonyl (C=O) groups is 2. The van der Waals surface area contributed by atoms with Crippen molar-refractivity contribution in [3.05, 3.63) is 29.3 Å². The van der Waals surface area contributed by atoms with Crippen LogP contribution in [0.5, 0.6) is 5.75 Å². The van der Waals surface area contributed by atoms with Gasteiger partial charge in [-0.05, 0) is 30.0 Å². The molecule has 1 atom stereocenters. The summed E-state index contributed by atoms with van der Waals surface area (Å²) in [6.07, 6.45) is 0. The lowest BCUT2D eigenvalue weighted by Crippen LogP contribution is -2.49. The summed E-state index contributed by atoms with van der Waals surface area (Å²) in [6.45, 7) is 7.17. The molecule has 0 aliphatic carbocycles. The van der Waals surface area contributed by atoms with Gasteiger partial charge in [0.15, 0.2) is 0 Å². The number of hydrogen-bond donors (Lipinski definition) is 2. The first kappa shape index (κ1) is 16.0. The largest absolute Gasteiger partial charge is 0.496 e. The molecular formula is C15H21NO4.